The van der Waals surface area contributed by atoms with Gasteiger partial charge in [-0.1, -0.05) is 33.5 Å². The number of ether oxygens (including phenoxy) is 1. The van der Waals surface area contributed by atoms with Gasteiger partial charge in [0.1, 0.15) is 0 Å². The van der Waals surface area contributed by atoms with E-state index in [2.05, 4.69) is 0 Å². The third kappa shape index (κ3) is 6.20. The first-order valence-corrected chi connectivity index (χ1v) is 4.50. The quantitative estimate of drug-likeness (QED) is 0.580. The summed E-state index contributed by atoms with van der Waals surface area (Å²) in [5.74, 6) is 0.0797. The highest BCUT2D eigenvalue weighted by molar-refractivity contribution is 5.69. The second kappa shape index (κ2) is 7.14. The molecule has 0 saturated carbocycles. The van der Waals surface area contributed by atoms with Crippen LogP contribution in [0.3, 0.4) is 0 Å². The Labute approximate surface area is 79.5 Å². The lowest BCUT2D eigenvalue weighted by atomic mass is 10.1. The van der Waals surface area contributed by atoms with Crippen molar-refractivity contribution in [2.24, 2.45) is 5.92 Å². The van der Waals surface area contributed by atoms with E-state index in [-0.39, 0.29) is 18.8 Å². The average Bonchev–Trinajstić information content (AvgIpc) is 2.12. The molecule has 72 valence electrons. The molecule has 0 amide bonds. The fourth-order valence-electron chi connectivity index (χ4n) is 0.658. The molecule has 0 aromatic carbocycles. The lowest BCUT2D eigenvalue weighted by molar-refractivity contribution is -0.145. The van der Waals surface area contributed by atoms with Gasteiger partial charge in [0.2, 0.25) is 0 Å². The Morgan fingerprint density at radius 2 is 2.42 bits per heavy atom. The van der Waals surface area contributed by atoms with Crippen molar-refractivity contribution in [2.45, 2.75) is 46.4 Å². The van der Waals surface area contributed by atoms with Crippen LogP contribution in [0.2, 0.25) is 0 Å². The fraction of sp³-hybridized carbons (Fsp3) is 0.900. The van der Waals surface area contributed by atoms with E-state index < -0.39 is 6.85 Å². The SMILES string of the molecule is [2H]C([2H])([2H])CCCC(=O)OCC(C)CC. The van der Waals surface area contributed by atoms with Crippen molar-refractivity contribution in [2.75, 3.05) is 6.61 Å². The van der Waals surface area contributed by atoms with Gasteiger partial charge < -0.3 is 4.74 Å². The number of hydrogen-bond acceptors (Lipinski definition) is 2. The number of carbonyl (C=O) groups excluding carboxylic acids is 1. The van der Waals surface area contributed by atoms with Crippen LogP contribution in [0.4, 0.5) is 0 Å². The molecular weight excluding hydrogens is 152 g/mol. The van der Waals surface area contributed by atoms with E-state index in [0.717, 1.165) is 6.42 Å². The molecule has 0 aliphatic heterocycles. The van der Waals surface area contributed by atoms with Crippen LogP contribution in [-0.4, -0.2) is 12.6 Å². The van der Waals surface area contributed by atoms with Crippen molar-refractivity contribution in [1.82, 2.24) is 0 Å². The average molecular weight is 175 g/mol. The van der Waals surface area contributed by atoms with Crippen molar-refractivity contribution in [3.63, 3.8) is 0 Å². The fourth-order valence-corrected chi connectivity index (χ4v) is 0.658. The van der Waals surface area contributed by atoms with Gasteiger partial charge in [0, 0.05) is 10.5 Å². The topological polar surface area (TPSA) is 26.3 Å². The maximum absolute atomic E-state index is 11.1. The maximum atomic E-state index is 11.1. The van der Waals surface area contributed by atoms with Crippen LogP contribution in [0.25, 0.3) is 0 Å². The molecule has 1 unspecified atom stereocenters. The van der Waals surface area contributed by atoms with Gasteiger partial charge in [-0.3, -0.25) is 4.79 Å². The minimum absolute atomic E-state index is 0.0748. The summed E-state index contributed by atoms with van der Waals surface area (Å²) < 4.78 is 25.9. The predicted octanol–water partition coefficient (Wildman–Crippen LogP) is 2.77. The number of hydrogen-bond donors (Lipinski definition) is 0. The van der Waals surface area contributed by atoms with Crippen LogP contribution in [0.1, 0.15) is 50.5 Å². The zero-order valence-electron chi connectivity index (χ0n) is 10.9. The molecule has 2 nitrogen and oxygen atoms in total. The van der Waals surface area contributed by atoms with Crippen LogP contribution in [0.15, 0.2) is 0 Å². The van der Waals surface area contributed by atoms with Crippen LogP contribution in [0, 0.1) is 5.92 Å². The lowest BCUT2D eigenvalue weighted by Gasteiger charge is -2.08. The molecule has 0 aromatic heterocycles. The molecule has 0 aliphatic rings. The van der Waals surface area contributed by atoms with Crippen molar-refractivity contribution in [3.05, 3.63) is 0 Å². The van der Waals surface area contributed by atoms with Gasteiger partial charge in [-0.05, 0) is 12.3 Å². The van der Waals surface area contributed by atoms with E-state index in [0.29, 0.717) is 18.9 Å². The second-order valence-corrected chi connectivity index (χ2v) is 3.05. The van der Waals surface area contributed by atoms with Crippen molar-refractivity contribution < 1.29 is 13.6 Å². The minimum Gasteiger partial charge on any atom is -0.465 e. The monoisotopic (exact) mass is 175 g/mol. The van der Waals surface area contributed by atoms with E-state index in [9.17, 15) is 4.79 Å². The summed E-state index contributed by atoms with van der Waals surface area (Å²) in [5, 5.41) is 0. The van der Waals surface area contributed by atoms with Gasteiger partial charge in [-0.2, -0.15) is 0 Å². The molecule has 0 radical (unpaired) electrons. The number of carbonyl (C=O) groups is 1. The summed E-state index contributed by atoms with van der Waals surface area (Å²) in [5.41, 5.74) is 0. The number of rotatable bonds is 6. The van der Waals surface area contributed by atoms with Crippen molar-refractivity contribution in [1.29, 1.82) is 0 Å². The molecule has 12 heavy (non-hydrogen) atoms. The Hall–Kier alpha value is -0.530. The summed E-state index contributed by atoms with van der Waals surface area (Å²) in [7, 11) is 0. The van der Waals surface area contributed by atoms with E-state index in [1.165, 1.54) is 0 Å². The molecule has 0 aromatic rings. The van der Waals surface area contributed by atoms with Gasteiger partial charge >= 0.3 is 5.97 Å². The van der Waals surface area contributed by atoms with Crippen LogP contribution in [0.5, 0.6) is 0 Å². The first-order chi connectivity index (χ1) is 6.85. The maximum Gasteiger partial charge on any atom is 0.305 e. The van der Waals surface area contributed by atoms with Gasteiger partial charge in [-0.15, -0.1) is 0 Å². The van der Waals surface area contributed by atoms with Crippen LogP contribution >= 0.6 is 0 Å². The Morgan fingerprint density at radius 3 is 3.00 bits per heavy atom. The Bertz CT molecular complexity index is 190. The van der Waals surface area contributed by atoms with E-state index in [1.807, 2.05) is 13.8 Å². The van der Waals surface area contributed by atoms with Gasteiger partial charge in [0.25, 0.3) is 0 Å². The molecule has 1 atom stereocenters. The number of esters is 1. The highest BCUT2D eigenvalue weighted by atomic mass is 16.5. The molecule has 2 heteroatoms. The third-order valence-corrected chi connectivity index (χ3v) is 1.78. The molecule has 0 fully saturated rings. The third-order valence-electron chi connectivity index (χ3n) is 1.78. The van der Waals surface area contributed by atoms with Gasteiger partial charge in [0.05, 0.1) is 6.61 Å². The highest BCUT2D eigenvalue weighted by Gasteiger charge is 2.04. The van der Waals surface area contributed by atoms with Crippen molar-refractivity contribution in [3.8, 4) is 0 Å². The smallest absolute Gasteiger partial charge is 0.305 e. The van der Waals surface area contributed by atoms with Crippen molar-refractivity contribution >= 4 is 5.97 Å². The molecular formula is C10H20O2. The zero-order chi connectivity index (χ0) is 11.9. The second-order valence-electron chi connectivity index (χ2n) is 3.05. The predicted molar refractivity (Wildman–Crippen MR) is 49.9 cm³/mol. The molecule has 0 heterocycles. The Morgan fingerprint density at radius 1 is 1.67 bits per heavy atom. The van der Waals surface area contributed by atoms with Gasteiger partial charge in [-0.25, -0.2) is 0 Å². The molecule has 0 N–H and O–H groups in total. The summed E-state index contributed by atoms with van der Waals surface area (Å²) in [6.07, 6.45) is 1.62. The van der Waals surface area contributed by atoms with E-state index in [1.54, 1.807) is 0 Å². The zero-order valence-corrected chi connectivity index (χ0v) is 7.93. The molecule has 0 saturated heterocycles. The first-order valence-electron chi connectivity index (χ1n) is 6.00. The summed E-state index contributed by atoms with van der Waals surface area (Å²) in [6, 6.07) is 0. The van der Waals surface area contributed by atoms with Crippen LogP contribution < -0.4 is 0 Å². The lowest BCUT2D eigenvalue weighted by Crippen LogP contribution is -2.10. The molecule has 0 bridgehead atoms. The molecule has 0 aliphatic carbocycles. The summed E-state index contributed by atoms with van der Waals surface area (Å²) >= 11 is 0. The summed E-state index contributed by atoms with van der Waals surface area (Å²) in [6.45, 7) is 2.54. The van der Waals surface area contributed by atoms with E-state index in [4.69, 9.17) is 8.85 Å². The Kier molecular flexibility index (Phi) is 4.12. The minimum atomic E-state index is -1.93. The molecule has 0 spiro atoms. The van der Waals surface area contributed by atoms with Gasteiger partial charge in [0.15, 0.2) is 0 Å². The van der Waals surface area contributed by atoms with Crippen LogP contribution in [-0.2, 0) is 9.53 Å². The normalized spacial score (nSPS) is 17.3. The summed E-state index contributed by atoms with van der Waals surface area (Å²) in [4.78, 5) is 11.1. The standard InChI is InChI=1S/C10H20O2/c1-4-6-7-10(11)12-8-9(3)5-2/h9H,4-8H2,1-3H3/i1D3. The molecule has 0 rings (SSSR count). The highest BCUT2D eigenvalue weighted by Crippen LogP contribution is 2.03. The largest absolute Gasteiger partial charge is 0.465 e. The Balaban J connectivity index is 3.50. The van der Waals surface area contributed by atoms with E-state index >= 15 is 0 Å². The first kappa shape index (κ1) is 6.93.